The van der Waals surface area contributed by atoms with Crippen LogP contribution in [0.25, 0.3) is 0 Å². The molecule has 2 aromatic rings. The number of aryl methyl sites for hydroxylation is 2. The third-order valence-corrected chi connectivity index (χ3v) is 4.14. The van der Waals surface area contributed by atoms with Crippen molar-refractivity contribution in [1.29, 1.82) is 0 Å². The molecule has 0 heterocycles. The van der Waals surface area contributed by atoms with Gasteiger partial charge >= 0.3 is 0 Å². The van der Waals surface area contributed by atoms with Crippen LogP contribution in [0.1, 0.15) is 30.5 Å². The smallest absolute Gasteiger partial charge is 0.261 e. The van der Waals surface area contributed by atoms with E-state index >= 15 is 0 Å². The average Bonchev–Trinajstić information content (AvgIpc) is 2.58. The van der Waals surface area contributed by atoms with Gasteiger partial charge in [-0.25, -0.2) is 0 Å². The summed E-state index contributed by atoms with van der Waals surface area (Å²) in [4.78, 5) is 12.3. The molecule has 2 aromatic carbocycles. The van der Waals surface area contributed by atoms with Crippen LogP contribution in [0.3, 0.4) is 0 Å². The molecule has 0 fully saturated rings. The van der Waals surface area contributed by atoms with Gasteiger partial charge in [0.2, 0.25) is 0 Å². The minimum Gasteiger partial charge on any atom is -0.491 e. The van der Waals surface area contributed by atoms with E-state index in [0.29, 0.717) is 6.61 Å². The van der Waals surface area contributed by atoms with E-state index in [4.69, 9.17) is 9.47 Å². The number of carbonyl (C=O) groups excluding carboxylic acids is 1. The fourth-order valence-corrected chi connectivity index (χ4v) is 2.35. The van der Waals surface area contributed by atoms with Crippen LogP contribution in [0.5, 0.6) is 11.5 Å². The van der Waals surface area contributed by atoms with Gasteiger partial charge in [-0.1, -0.05) is 29.8 Å². The zero-order chi connectivity index (χ0) is 18.4. The van der Waals surface area contributed by atoms with Gasteiger partial charge < -0.3 is 14.8 Å². The molecule has 4 heteroatoms. The lowest BCUT2D eigenvalue weighted by molar-refractivity contribution is -0.128. The number of amides is 1. The first-order valence-electron chi connectivity index (χ1n) is 8.59. The zero-order valence-corrected chi connectivity index (χ0v) is 15.6. The summed E-state index contributed by atoms with van der Waals surface area (Å²) in [5.41, 5.74) is 3.38. The van der Waals surface area contributed by atoms with Gasteiger partial charge in [-0.15, -0.1) is 0 Å². The highest BCUT2D eigenvalue weighted by atomic mass is 16.5. The standard InChI is InChI=1S/C21H27NO3/c1-14-9-11-19(12-10-14)24-13-16(3)22-21(23)18(5)25-20-8-6-7-15(2)17(20)4/h6-12,16,18H,13H2,1-5H3,(H,22,23). The van der Waals surface area contributed by atoms with E-state index in [-0.39, 0.29) is 11.9 Å². The van der Waals surface area contributed by atoms with Crippen molar-refractivity contribution in [2.45, 2.75) is 46.8 Å². The van der Waals surface area contributed by atoms with Crippen LogP contribution in [-0.2, 0) is 4.79 Å². The second kappa shape index (κ2) is 8.56. The maximum Gasteiger partial charge on any atom is 0.261 e. The topological polar surface area (TPSA) is 47.6 Å². The maximum absolute atomic E-state index is 12.3. The maximum atomic E-state index is 12.3. The third-order valence-electron chi connectivity index (χ3n) is 4.14. The van der Waals surface area contributed by atoms with Crippen molar-refractivity contribution in [3.05, 3.63) is 59.2 Å². The van der Waals surface area contributed by atoms with Crippen molar-refractivity contribution >= 4 is 5.91 Å². The Balaban J connectivity index is 1.83. The van der Waals surface area contributed by atoms with E-state index in [9.17, 15) is 4.79 Å². The summed E-state index contributed by atoms with van der Waals surface area (Å²) in [5, 5.41) is 2.93. The van der Waals surface area contributed by atoms with E-state index < -0.39 is 6.10 Å². The molecule has 0 saturated carbocycles. The van der Waals surface area contributed by atoms with Crippen molar-refractivity contribution in [1.82, 2.24) is 5.32 Å². The lowest BCUT2D eigenvalue weighted by Gasteiger charge is -2.20. The highest BCUT2D eigenvalue weighted by molar-refractivity contribution is 5.81. The number of ether oxygens (including phenoxy) is 2. The molecule has 0 aliphatic carbocycles. The third kappa shape index (κ3) is 5.52. The second-order valence-corrected chi connectivity index (χ2v) is 6.49. The molecule has 0 saturated heterocycles. The first-order valence-corrected chi connectivity index (χ1v) is 8.59. The Kier molecular flexibility index (Phi) is 6.45. The van der Waals surface area contributed by atoms with Gasteiger partial charge in [-0.2, -0.15) is 0 Å². The van der Waals surface area contributed by atoms with Crippen LogP contribution < -0.4 is 14.8 Å². The highest BCUT2D eigenvalue weighted by Crippen LogP contribution is 2.21. The summed E-state index contributed by atoms with van der Waals surface area (Å²) in [6, 6.07) is 13.6. The van der Waals surface area contributed by atoms with Gasteiger partial charge in [-0.3, -0.25) is 4.79 Å². The minimum absolute atomic E-state index is 0.113. The number of rotatable bonds is 7. The molecule has 0 bridgehead atoms. The minimum atomic E-state index is -0.567. The van der Waals surface area contributed by atoms with E-state index in [2.05, 4.69) is 5.32 Å². The van der Waals surface area contributed by atoms with Crippen LogP contribution >= 0.6 is 0 Å². The molecule has 2 unspecified atom stereocenters. The van der Waals surface area contributed by atoms with E-state index in [1.807, 2.05) is 70.2 Å². The molecule has 0 radical (unpaired) electrons. The van der Waals surface area contributed by atoms with Crippen molar-refractivity contribution in [2.75, 3.05) is 6.61 Å². The molecule has 0 aliphatic rings. The monoisotopic (exact) mass is 341 g/mol. The van der Waals surface area contributed by atoms with Gasteiger partial charge in [0.15, 0.2) is 6.10 Å². The normalized spacial score (nSPS) is 13.0. The van der Waals surface area contributed by atoms with Crippen molar-refractivity contribution in [2.24, 2.45) is 0 Å². The van der Waals surface area contributed by atoms with Gasteiger partial charge in [-0.05, 0) is 63.9 Å². The van der Waals surface area contributed by atoms with E-state index in [0.717, 1.165) is 22.6 Å². The van der Waals surface area contributed by atoms with Crippen LogP contribution in [0.4, 0.5) is 0 Å². The molecule has 1 N–H and O–H groups in total. The number of nitrogens with one attached hydrogen (secondary N) is 1. The summed E-state index contributed by atoms with van der Waals surface area (Å²) in [6.07, 6.45) is -0.567. The SMILES string of the molecule is Cc1ccc(OCC(C)NC(=O)C(C)Oc2cccc(C)c2C)cc1. The first-order chi connectivity index (χ1) is 11.9. The summed E-state index contributed by atoms with van der Waals surface area (Å²) in [5.74, 6) is 1.39. The van der Waals surface area contributed by atoms with Gasteiger partial charge in [0.25, 0.3) is 5.91 Å². The predicted octanol–water partition coefficient (Wildman–Crippen LogP) is 3.96. The van der Waals surface area contributed by atoms with Crippen molar-refractivity contribution < 1.29 is 14.3 Å². The Hall–Kier alpha value is -2.49. The fourth-order valence-electron chi connectivity index (χ4n) is 2.35. The Morgan fingerprint density at radius 3 is 2.40 bits per heavy atom. The molecule has 2 atom stereocenters. The predicted molar refractivity (Wildman–Crippen MR) is 100 cm³/mol. The lowest BCUT2D eigenvalue weighted by atomic mass is 10.1. The number of hydrogen-bond donors (Lipinski definition) is 1. The largest absolute Gasteiger partial charge is 0.491 e. The Morgan fingerprint density at radius 2 is 1.72 bits per heavy atom. The molecular formula is C21H27NO3. The highest BCUT2D eigenvalue weighted by Gasteiger charge is 2.18. The zero-order valence-electron chi connectivity index (χ0n) is 15.6. The molecule has 1 amide bonds. The summed E-state index contributed by atoms with van der Waals surface area (Å²) < 4.78 is 11.5. The Labute approximate surface area is 150 Å². The van der Waals surface area contributed by atoms with Crippen LogP contribution in [0, 0.1) is 20.8 Å². The summed E-state index contributed by atoms with van der Waals surface area (Å²) >= 11 is 0. The van der Waals surface area contributed by atoms with Gasteiger partial charge in [0, 0.05) is 0 Å². The molecule has 25 heavy (non-hydrogen) atoms. The van der Waals surface area contributed by atoms with Crippen LogP contribution in [0.2, 0.25) is 0 Å². The average molecular weight is 341 g/mol. The molecule has 0 aromatic heterocycles. The van der Waals surface area contributed by atoms with E-state index in [1.54, 1.807) is 6.92 Å². The Bertz CT molecular complexity index is 710. The van der Waals surface area contributed by atoms with Crippen LogP contribution in [-0.4, -0.2) is 24.7 Å². The quantitative estimate of drug-likeness (QED) is 0.829. The molecule has 134 valence electrons. The first kappa shape index (κ1) is 18.8. The molecule has 0 aliphatic heterocycles. The van der Waals surface area contributed by atoms with Crippen molar-refractivity contribution in [3.63, 3.8) is 0 Å². The van der Waals surface area contributed by atoms with E-state index in [1.165, 1.54) is 5.56 Å². The van der Waals surface area contributed by atoms with Crippen LogP contribution in [0.15, 0.2) is 42.5 Å². The van der Waals surface area contributed by atoms with Gasteiger partial charge in [0.05, 0.1) is 6.04 Å². The number of carbonyl (C=O) groups is 1. The number of benzene rings is 2. The fraction of sp³-hybridized carbons (Fsp3) is 0.381. The molecule has 4 nitrogen and oxygen atoms in total. The summed E-state index contributed by atoms with van der Waals surface area (Å²) in [7, 11) is 0. The van der Waals surface area contributed by atoms with Crippen molar-refractivity contribution in [3.8, 4) is 11.5 Å². The molecular weight excluding hydrogens is 314 g/mol. The molecule has 2 rings (SSSR count). The van der Waals surface area contributed by atoms with Gasteiger partial charge in [0.1, 0.15) is 18.1 Å². The second-order valence-electron chi connectivity index (χ2n) is 6.49. The molecule has 0 spiro atoms. The summed E-state index contributed by atoms with van der Waals surface area (Å²) in [6.45, 7) is 10.1. The lowest BCUT2D eigenvalue weighted by Crippen LogP contribution is -2.43. The Morgan fingerprint density at radius 1 is 1.04 bits per heavy atom. The number of hydrogen-bond acceptors (Lipinski definition) is 3.